The summed E-state index contributed by atoms with van der Waals surface area (Å²) in [5.74, 6) is -0.312. The van der Waals surface area contributed by atoms with Crippen LogP contribution in [0, 0.1) is 18.3 Å². The summed E-state index contributed by atoms with van der Waals surface area (Å²) in [6.45, 7) is 1.86. The van der Waals surface area contributed by atoms with Gasteiger partial charge in [-0.15, -0.1) is 0 Å². The molecule has 0 saturated carbocycles. The lowest BCUT2D eigenvalue weighted by Crippen LogP contribution is -2.10. The Morgan fingerprint density at radius 3 is 3.00 bits per heavy atom. The highest BCUT2D eigenvalue weighted by atomic mass is 16.1. The van der Waals surface area contributed by atoms with E-state index < -0.39 is 0 Å². The van der Waals surface area contributed by atoms with Crippen molar-refractivity contribution in [2.24, 2.45) is 0 Å². The maximum absolute atomic E-state index is 10.9. The fraction of sp³-hybridized carbons (Fsp3) is 0.222. The van der Waals surface area contributed by atoms with Gasteiger partial charge in [-0.2, -0.15) is 5.26 Å². The predicted octanol–water partition coefficient (Wildman–Crippen LogP) is 1.24. The van der Waals surface area contributed by atoms with E-state index in [1.165, 1.54) is 0 Å². The van der Waals surface area contributed by atoms with Crippen LogP contribution >= 0.6 is 0 Å². The minimum atomic E-state index is -0.312. The van der Waals surface area contributed by atoms with Gasteiger partial charge in [0.15, 0.2) is 0 Å². The van der Waals surface area contributed by atoms with Crippen molar-refractivity contribution in [3.8, 4) is 6.07 Å². The van der Waals surface area contributed by atoms with Gasteiger partial charge in [-0.25, -0.2) is 0 Å². The fourth-order valence-corrected chi connectivity index (χ4v) is 0.819. The smallest absolute Gasteiger partial charge is 0.238 e. The molecule has 1 amide bonds. The zero-order valence-electron chi connectivity index (χ0n) is 7.24. The highest BCUT2D eigenvalue weighted by molar-refractivity contribution is 5.91. The highest BCUT2D eigenvalue weighted by Crippen LogP contribution is 2.05. The first-order chi connectivity index (χ1) is 6.22. The molecule has 4 nitrogen and oxygen atoms in total. The van der Waals surface area contributed by atoms with Crippen LogP contribution in [-0.2, 0) is 4.79 Å². The van der Waals surface area contributed by atoms with Crippen LogP contribution < -0.4 is 5.32 Å². The summed E-state index contributed by atoms with van der Waals surface area (Å²) in [5.41, 5.74) is 1.50. The second-order valence-corrected chi connectivity index (χ2v) is 2.57. The predicted molar refractivity (Wildman–Crippen MR) is 47.8 cm³/mol. The van der Waals surface area contributed by atoms with Crippen LogP contribution in [0.4, 0.5) is 5.69 Å². The summed E-state index contributed by atoms with van der Waals surface area (Å²) in [4.78, 5) is 14.9. The lowest BCUT2D eigenvalue weighted by atomic mass is 10.3. The number of hydrogen-bond donors (Lipinski definition) is 1. The number of aromatic nitrogens is 1. The molecule has 0 atom stereocenters. The molecule has 0 saturated heterocycles. The van der Waals surface area contributed by atoms with Gasteiger partial charge in [-0.1, -0.05) is 0 Å². The van der Waals surface area contributed by atoms with Gasteiger partial charge in [-0.3, -0.25) is 9.78 Å². The van der Waals surface area contributed by atoms with Crippen LogP contribution in [0.3, 0.4) is 0 Å². The van der Waals surface area contributed by atoms with Crippen LogP contribution in [0.1, 0.15) is 12.1 Å². The van der Waals surface area contributed by atoms with E-state index in [-0.39, 0.29) is 12.3 Å². The first-order valence-corrected chi connectivity index (χ1v) is 3.82. The number of amides is 1. The average Bonchev–Trinajstić information content (AvgIpc) is 2.09. The summed E-state index contributed by atoms with van der Waals surface area (Å²) in [5, 5.41) is 10.8. The third-order valence-corrected chi connectivity index (χ3v) is 1.43. The molecule has 0 unspecified atom stereocenters. The van der Waals surface area contributed by atoms with E-state index in [9.17, 15) is 4.79 Å². The minimum absolute atomic E-state index is 0.131. The molecule has 0 aliphatic rings. The van der Waals surface area contributed by atoms with Gasteiger partial charge in [0.1, 0.15) is 6.42 Å². The molecule has 0 radical (unpaired) electrons. The molecule has 0 aliphatic heterocycles. The van der Waals surface area contributed by atoms with Crippen molar-refractivity contribution in [1.82, 2.24) is 4.98 Å². The number of nitrogens with one attached hydrogen (secondary N) is 1. The summed E-state index contributed by atoms with van der Waals surface area (Å²) in [6, 6.07) is 5.31. The average molecular weight is 175 g/mol. The molecule has 0 fully saturated rings. The van der Waals surface area contributed by atoms with E-state index in [2.05, 4.69) is 10.3 Å². The van der Waals surface area contributed by atoms with E-state index in [1.807, 2.05) is 6.92 Å². The van der Waals surface area contributed by atoms with Gasteiger partial charge in [0.25, 0.3) is 0 Å². The molecule has 1 rings (SSSR count). The quantitative estimate of drug-likeness (QED) is 0.735. The number of pyridine rings is 1. The van der Waals surface area contributed by atoms with Crippen molar-refractivity contribution >= 4 is 11.6 Å². The largest absolute Gasteiger partial charge is 0.324 e. The van der Waals surface area contributed by atoms with E-state index >= 15 is 0 Å². The Bertz CT molecular complexity index is 337. The molecule has 1 aromatic rings. The van der Waals surface area contributed by atoms with Gasteiger partial charge in [0.05, 0.1) is 18.0 Å². The third kappa shape index (κ3) is 2.91. The van der Waals surface area contributed by atoms with Gasteiger partial charge < -0.3 is 5.32 Å². The van der Waals surface area contributed by atoms with E-state index in [1.54, 1.807) is 24.4 Å². The lowest BCUT2D eigenvalue weighted by molar-refractivity contribution is -0.115. The number of hydrogen-bond acceptors (Lipinski definition) is 3. The number of carbonyl (C=O) groups excluding carboxylic acids is 1. The number of carbonyl (C=O) groups is 1. The summed E-state index contributed by atoms with van der Waals surface area (Å²) >= 11 is 0. The monoisotopic (exact) mass is 175 g/mol. The van der Waals surface area contributed by atoms with Crippen molar-refractivity contribution in [1.29, 1.82) is 5.26 Å². The Morgan fingerprint density at radius 1 is 1.69 bits per heavy atom. The van der Waals surface area contributed by atoms with Gasteiger partial charge in [-0.05, 0) is 19.1 Å². The molecule has 66 valence electrons. The Morgan fingerprint density at radius 2 is 2.46 bits per heavy atom. The fourth-order valence-electron chi connectivity index (χ4n) is 0.819. The second-order valence-electron chi connectivity index (χ2n) is 2.57. The maximum Gasteiger partial charge on any atom is 0.238 e. The van der Waals surface area contributed by atoms with Crippen molar-refractivity contribution in [3.63, 3.8) is 0 Å². The van der Waals surface area contributed by atoms with Crippen LogP contribution in [0.25, 0.3) is 0 Å². The van der Waals surface area contributed by atoms with Crippen LogP contribution in [0.2, 0.25) is 0 Å². The second kappa shape index (κ2) is 4.21. The molecule has 0 aliphatic carbocycles. The summed E-state index contributed by atoms with van der Waals surface area (Å²) < 4.78 is 0. The van der Waals surface area contributed by atoms with E-state index in [0.29, 0.717) is 5.69 Å². The van der Waals surface area contributed by atoms with Crippen molar-refractivity contribution in [2.45, 2.75) is 13.3 Å². The van der Waals surface area contributed by atoms with Crippen LogP contribution in [-0.4, -0.2) is 10.9 Å². The zero-order valence-corrected chi connectivity index (χ0v) is 7.24. The first-order valence-electron chi connectivity index (χ1n) is 3.82. The molecule has 4 heteroatoms. The molecule has 0 bridgehead atoms. The molecular formula is C9H9N3O. The number of aryl methyl sites for hydroxylation is 1. The van der Waals surface area contributed by atoms with Gasteiger partial charge in [0, 0.05) is 5.69 Å². The van der Waals surface area contributed by atoms with E-state index in [0.717, 1.165) is 5.69 Å². The standard InChI is InChI=1S/C9H9N3O/c1-7-2-3-8(6-11-7)12-9(13)4-5-10/h2-3,6H,4H2,1H3,(H,12,13). The van der Waals surface area contributed by atoms with Crippen molar-refractivity contribution in [3.05, 3.63) is 24.0 Å². The van der Waals surface area contributed by atoms with E-state index in [4.69, 9.17) is 5.26 Å². The molecule has 0 aromatic carbocycles. The van der Waals surface area contributed by atoms with Crippen molar-refractivity contribution < 1.29 is 4.79 Å². The Kier molecular flexibility index (Phi) is 2.98. The Balaban J connectivity index is 2.60. The van der Waals surface area contributed by atoms with Crippen LogP contribution in [0.5, 0.6) is 0 Å². The lowest BCUT2D eigenvalue weighted by Gasteiger charge is -2.01. The zero-order chi connectivity index (χ0) is 9.68. The molecular weight excluding hydrogens is 166 g/mol. The summed E-state index contributed by atoms with van der Waals surface area (Å²) in [7, 11) is 0. The SMILES string of the molecule is Cc1ccc(NC(=O)CC#N)cn1. The number of nitriles is 1. The maximum atomic E-state index is 10.9. The molecule has 1 heterocycles. The minimum Gasteiger partial charge on any atom is -0.324 e. The number of rotatable bonds is 2. The summed E-state index contributed by atoms with van der Waals surface area (Å²) in [6.07, 6.45) is 1.43. The Hall–Kier alpha value is -1.89. The third-order valence-electron chi connectivity index (χ3n) is 1.43. The topological polar surface area (TPSA) is 65.8 Å². The normalized spacial score (nSPS) is 8.92. The first kappa shape index (κ1) is 9.20. The van der Waals surface area contributed by atoms with Gasteiger partial charge in [0.2, 0.25) is 5.91 Å². The molecule has 0 spiro atoms. The van der Waals surface area contributed by atoms with Crippen molar-refractivity contribution in [2.75, 3.05) is 5.32 Å². The highest BCUT2D eigenvalue weighted by Gasteiger charge is 2.00. The molecule has 1 N–H and O–H groups in total. The number of nitrogens with zero attached hydrogens (tertiary/aromatic N) is 2. The molecule has 13 heavy (non-hydrogen) atoms. The molecule has 1 aromatic heterocycles. The van der Waals surface area contributed by atoms with Crippen LogP contribution in [0.15, 0.2) is 18.3 Å². The number of anilines is 1. The van der Waals surface area contributed by atoms with Gasteiger partial charge >= 0.3 is 0 Å². The Labute approximate surface area is 76.2 Å².